The summed E-state index contributed by atoms with van der Waals surface area (Å²) in [6.45, 7) is 5.32. The Labute approximate surface area is 109 Å². The van der Waals surface area contributed by atoms with Gasteiger partial charge in [-0.15, -0.1) is 0 Å². The van der Waals surface area contributed by atoms with Gasteiger partial charge >= 0.3 is 0 Å². The zero-order valence-electron chi connectivity index (χ0n) is 10.8. The zero-order chi connectivity index (χ0) is 12.4. The number of anilines is 1. The average Bonchev–Trinajstić information content (AvgIpc) is 3.09. The summed E-state index contributed by atoms with van der Waals surface area (Å²) in [5.41, 5.74) is 2.57. The van der Waals surface area contributed by atoms with Crippen LogP contribution in [0.15, 0.2) is 18.2 Å². The second kappa shape index (κ2) is 5.28. The Hall–Kier alpha value is -0.730. The quantitative estimate of drug-likeness (QED) is 0.864. The summed E-state index contributed by atoms with van der Waals surface area (Å²) in [7, 11) is 2.13. The largest absolute Gasteiger partial charge is 0.372 e. The van der Waals surface area contributed by atoms with Crippen LogP contribution in [0.3, 0.4) is 0 Å². The summed E-state index contributed by atoms with van der Waals surface area (Å²) in [5, 5.41) is 4.37. The third-order valence-electron chi connectivity index (χ3n) is 3.35. The lowest BCUT2D eigenvalue weighted by atomic mass is 10.1. The SMILES string of the molecule is CC(C)N(C)c1ccc(Cl)cc1CNC1CC1. The molecule has 0 spiro atoms. The van der Waals surface area contributed by atoms with E-state index in [9.17, 15) is 0 Å². The van der Waals surface area contributed by atoms with Crippen molar-refractivity contribution in [1.29, 1.82) is 0 Å². The molecule has 1 aromatic carbocycles. The maximum atomic E-state index is 6.09. The van der Waals surface area contributed by atoms with Gasteiger partial charge in [-0.3, -0.25) is 0 Å². The summed E-state index contributed by atoms with van der Waals surface area (Å²) >= 11 is 6.09. The van der Waals surface area contributed by atoms with Crippen LogP contribution in [-0.4, -0.2) is 19.1 Å². The highest BCUT2D eigenvalue weighted by Crippen LogP contribution is 2.26. The first kappa shape index (κ1) is 12.7. The van der Waals surface area contributed by atoms with Crippen molar-refractivity contribution in [3.63, 3.8) is 0 Å². The Morgan fingerprint density at radius 1 is 1.41 bits per heavy atom. The van der Waals surface area contributed by atoms with Crippen LogP contribution < -0.4 is 10.2 Å². The van der Waals surface area contributed by atoms with Gasteiger partial charge in [0.25, 0.3) is 0 Å². The van der Waals surface area contributed by atoms with E-state index in [1.807, 2.05) is 6.07 Å². The van der Waals surface area contributed by atoms with Gasteiger partial charge in [0.1, 0.15) is 0 Å². The van der Waals surface area contributed by atoms with Crippen molar-refractivity contribution in [2.75, 3.05) is 11.9 Å². The van der Waals surface area contributed by atoms with Gasteiger partial charge in [-0.05, 0) is 50.5 Å². The fraction of sp³-hybridized carbons (Fsp3) is 0.571. The second-order valence-corrected chi connectivity index (χ2v) is 5.57. The predicted molar refractivity (Wildman–Crippen MR) is 74.9 cm³/mol. The summed E-state index contributed by atoms with van der Waals surface area (Å²) in [5.74, 6) is 0. The fourth-order valence-electron chi connectivity index (χ4n) is 1.86. The van der Waals surface area contributed by atoms with Crippen molar-refractivity contribution in [3.05, 3.63) is 28.8 Å². The van der Waals surface area contributed by atoms with Crippen LogP contribution in [0, 0.1) is 0 Å². The van der Waals surface area contributed by atoms with E-state index in [2.05, 4.69) is 43.2 Å². The van der Waals surface area contributed by atoms with Gasteiger partial charge in [-0.25, -0.2) is 0 Å². The maximum Gasteiger partial charge on any atom is 0.0412 e. The summed E-state index contributed by atoms with van der Waals surface area (Å²) in [6, 6.07) is 7.38. The number of hydrogen-bond donors (Lipinski definition) is 1. The molecular formula is C14H21ClN2. The van der Waals surface area contributed by atoms with Gasteiger partial charge in [-0.2, -0.15) is 0 Å². The Balaban J connectivity index is 2.16. The molecular weight excluding hydrogens is 232 g/mol. The second-order valence-electron chi connectivity index (χ2n) is 5.13. The Morgan fingerprint density at radius 3 is 2.71 bits per heavy atom. The average molecular weight is 253 g/mol. The molecule has 0 aliphatic heterocycles. The molecule has 17 heavy (non-hydrogen) atoms. The van der Waals surface area contributed by atoms with Gasteiger partial charge in [0.05, 0.1) is 0 Å². The third-order valence-corrected chi connectivity index (χ3v) is 3.59. The number of rotatable bonds is 5. The lowest BCUT2D eigenvalue weighted by Gasteiger charge is -2.26. The zero-order valence-corrected chi connectivity index (χ0v) is 11.6. The minimum atomic E-state index is 0.496. The van der Waals surface area contributed by atoms with E-state index in [0.29, 0.717) is 6.04 Å². The molecule has 1 aliphatic carbocycles. The lowest BCUT2D eigenvalue weighted by Crippen LogP contribution is -2.28. The molecule has 0 bridgehead atoms. The summed E-state index contributed by atoms with van der Waals surface area (Å²) < 4.78 is 0. The van der Waals surface area contributed by atoms with Crippen LogP contribution >= 0.6 is 11.6 Å². The first-order chi connectivity index (χ1) is 8.08. The molecule has 0 heterocycles. The van der Waals surface area contributed by atoms with Crippen LogP contribution in [-0.2, 0) is 6.54 Å². The normalized spacial score (nSPS) is 15.4. The van der Waals surface area contributed by atoms with Gasteiger partial charge < -0.3 is 10.2 Å². The number of halogens is 1. The molecule has 2 nitrogen and oxygen atoms in total. The first-order valence-corrected chi connectivity index (χ1v) is 6.70. The molecule has 2 rings (SSSR count). The molecule has 1 N–H and O–H groups in total. The van der Waals surface area contributed by atoms with E-state index >= 15 is 0 Å². The van der Waals surface area contributed by atoms with E-state index in [4.69, 9.17) is 11.6 Å². The molecule has 3 heteroatoms. The molecule has 1 aliphatic rings. The molecule has 0 aromatic heterocycles. The molecule has 0 saturated heterocycles. The first-order valence-electron chi connectivity index (χ1n) is 6.32. The molecule has 0 unspecified atom stereocenters. The molecule has 1 saturated carbocycles. The van der Waals surface area contributed by atoms with E-state index in [0.717, 1.165) is 17.6 Å². The molecule has 1 aromatic rings. The summed E-state index contributed by atoms with van der Waals surface area (Å²) in [4.78, 5) is 2.29. The fourth-order valence-corrected chi connectivity index (χ4v) is 2.05. The van der Waals surface area contributed by atoms with Gasteiger partial charge in [0.15, 0.2) is 0 Å². The maximum absolute atomic E-state index is 6.09. The molecule has 94 valence electrons. The predicted octanol–water partition coefficient (Wildman–Crippen LogP) is 3.44. The summed E-state index contributed by atoms with van der Waals surface area (Å²) in [6.07, 6.45) is 2.63. The van der Waals surface area contributed by atoms with Crippen molar-refractivity contribution >= 4 is 17.3 Å². The van der Waals surface area contributed by atoms with Crippen molar-refractivity contribution in [1.82, 2.24) is 5.32 Å². The number of hydrogen-bond acceptors (Lipinski definition) is 2. The van der Waals surface area contributed by atoms with Crippen LogP contribution in [0.4, 0.5) is 5.69 Å². The minimum absolute atomic E-state index is 0.496. The van der Waals surface area contributed by atoms with Crippen LogP contribution in [0.25, 0.3) is 0 Å². The van der Waals surface area contributed by atoms with E-state index < -0.39 is 0 Å². The third kappa shape index (κ3) is 3.36. The molecule has 0 radical (unpaired) electrons. The van der Waals surface area contributed by atoms with Crippen molar-refractivity contribution in [2.45, 2.75) is 45.3 Å². The Morgan fingerprint density at radius 2 is 2.12 bits per heavy atom. The minimum Gasteiger partial charge on any atom is -0.372 e. The highest BCUT2D eigenvalue weighted by atomic mass is 35.5. The smallest absolute Gasteiger partial charge is 0.0412 e. The monoisotopic (exact) mass is 252 g/mol. The van der Waals surface area contributed by atoms with E-state index in [-0.39, 0.29) is 0 Å². The number of nitrogens with one attached hydrogen (secondary N) is 1. The van der Waals surface area contributed by atoms with E-state index in [1.54, 1.807) is 0 Å². The van der Waals surface area contributed by atoms with Crippen LogP contribution in [0.2, 0.25) is 5.02 Å². The van der Waals surface area contributed by atoms with E-state index in [1.165, 1.54) is 24.1 Å². The highest BCUT2D eigenvalue weighted by molar-refractivity contribution is 6.30. The Bertz CT molecular complexity index is 386. The van der Waals surface area contributed by atoms with Crippen molar-refractivity contribution < 1.29 is 0 Å². The standard InChI is InChI=1S/C14H21ClN2/c1-10(2)17(3)14-7-4-12(15)8-11(14)9-16-13-5-6-13/h4,7-8,10,13,16H,5-6,9H2,1-3H3. The van der Waals surface area contributed by atoms with Crippen molar-refractivity contribution in [2.24, 2.45) is 0 Å². The van der Waals surface area contributed by atoms with Crippen LogP contribution in [0.1, 0.15) is 32.3 Å². The lowest BCUT2D eigenvalue weighted by molar-refractivity contribution is 0.679. The topological polar surface area (TPSA) is 15.3 Å². The van der Waals surface area contributed by atoms with Gasteiger partial charge in [0, 0.05) is 36.4 Å². The van der Waals surface area contributed by atoms with Gasteiger partial charge in [0.2, 0.25) is 0 Å². The number of nitrogens with zero attached hydrogens (tertiary/aromatic N) is 1. The molecule has 1 fully saturated rings. The number of benzene rings is 1. The highest BCUT2D eigenvalue weighted by Gasteiger charge is 2.21. The van der Waals surface area contributed by atoms with Crippen LogP contribution in [0.5, 0.6) is 0 Å². The Kier molecular flexibility index (Phi) is 3.95. The van der Waals surface area contributed by atoms with Gasteiger partial charge in [-0.1, -0.05) is 11.6 Å². The molecule has 0 amide bonds. The van der Waals surface area contributed by atoms with Crippen molar-refractivity contribution in [3.8, 4) is 0 Å². The molecule has 0 atom stereocenters.